The van der Waals surface area contributed by atoms with Crippen LogP contribution in [0.5, 0.6) is 5.75 Å². The smallest absolute Gasteiger partial charge is 0.252 e. The Labute approximate surface area is 199 Å². The third-order valence-corrected chi connectivity index (χ3v) is 9.56. The van der Waals surface area contributed by atoms with E-state index < -0.39 is 10.0 Å². The van der Waals surface area contributed by atoms with Gasteiger partial charge in [0.25, 0.3) is 10.0 Å². The van der Waals surface area contributed by atoms with Crippen LogP contribution in [-0.4, -0.2) is 76.6 Å². The molecule has 2 fully saturated rings. The maximum absolute atomic E-state index is 12.7. The van der Waals surface area contributed by atoms with Crippen LogP contribution in [0.25, 0.3) is 0 Å². The van der Waals surface area contributed by atoms with E-state index in [1.54, 1.807) is 19.2 Å². The molecule has 2 aliphatic rings. The Morgan fingerprint density at radius 3 is 2.45 bits per heavy atom. The van der Waals surface area contributed by atoms with Gasteiger partial charge < -0.3 is 14.8 Å². The molecule has 1 amide bonds. The standard InChI is InChI=1S/C23H31N3O5S2/c1-30-19-6-4-18(5-7-19)21(25-12-14-31-15-13-25)17-24-22(27)16-20-8-9-23(32-20)33(28,29)26-10-2-3-11-26/h4-9,21H,2-3,10-17H2,1H3,(H,24,27). The average Bonchev–Trinajstić information content (AvgIpc) is 3.54. The van der Waals surface area contributed by atoms with Gasteiger partial charge in [-0.15, -0.1) is 11.3 Å². The van der Waals surface area contributed by atoms with Gasteiger partial charge in [-0.2, -0.15) is 4.31 Å². The number of amides is 1. The molecular weight excluding hydrogens is 462 g/mol. The van der Waals surface area contributed by atoms with Gasteiger partial charge in [0.05, 0.1) is 32.8 Å². The lowest BCUT2D eigenvalue weighted by Gasteiger charge is -2.35. The number of ether oxygens (including phenoxy) is 2. The molecule has 1 N–H and O–H groups in total. The number of carbonyl (C=O) groups excluding carboxylic acids is 1. The largest absolute Gasteiger partial charge is 0.497 e. The zero-order chi connectivity index (χ0) is 23.3. The summed E-state index contributed by atoms with van der Waals surface area (Å²) in [6.45, 7) is 4.56. The zero-order valence-corrected chi connectivity index (χ0v) is 20.5. The Morgan fingerprint density at radius 1 is 1.09 bits per heavy atom. The van der Waals surface area contributed by atoms with Crippen molar-refractivity contribution in [3.8, 4) is 5.75 Å². The Balaban J connectivity index is 1.38. The monoisotopic (exact) mass is 493 g/mol. The first kappa shape index (κ1) is 24.2. The van der Waals surface area contributed by atoms with Gasteiger partial charge in [-0.1, -0.05) is 12.1 Å². The molecule has 0 saturated carbocycles. The summed E-state index contributed by atoms with van der Waals surface area (Å²) in [5.41, 5.74) is 1.10. The normalized spacial score (nSPS) is 18.8. The minimum absolute atomic E-state index is 0.0261. The summed E-state index contributed by atoms with van der Waals surface area (Å²) >= 11 is 1.19. The van der Waals surface area contributed by atoms with Crippen molar-refractivity contribution < 1.29 is 22.7 Å². The first-order valence-electron chi connectivity index (χ1n) is 11.3. The third-order valence-electron chi connectivity index (χ3n) is 6.11. The van der Waals surface area contributed by atoms with Gasteiger partial charge in [0, 0.05) is 37.6 Å². The Morgan fingerprint density at radius 2 is 1.79 bits per heavy atom. The number of thiophene rings is 1. The molecule has 2 aliphatic heterocycles. The number of morpholine rings is 1. The molecule has 3 heterocycles. The van der Waals surface area contributed by atoms with Crippen molar-refractivity contribution in [3.05, 3.63) is 46.8 Å². The van der Waals surface area contributed by atoms with Crippen molar-refractivity contribution in [3.63, 3.8) is 0 Å². The number of hydrogen-bond acceptors (Lipinski definition) is 7. The highest BCUT2D eigenvalue weighted by molar-refractivity contribution is 7.91. The van der Waals surface area contributed by atoms with Crippen molar-refractivity contribution in [2.24, 2.45) is 0 Å². The molecule has 0 aliphatic carbocycles. The van der Waals surface area contributed by atoms with Crippen LogP contribution in [0.2, 0.25) is 0 Å². The second-order valence-electron chi connectivity index (χ2n) is 8.25. The molecule has 8 nitrogen and oxygen atoms in total. The summed E-state index contributed by atoms with van der Waals surface area (Å²) in [6.07, 6.45) is 1.97. The molecule has 1 atom stereocenters. The van der Waals surface area contributed by atoms with Crippen LogP contribution in [0, 0.1) is 0 Å². The molecule has 33 heavy (non-hydrogen) atoms. The molecule has 4 rings (SSSR count). The maximum atomic E-state index is 12.7. The highest BCUT2D eigenvalue weighted by Crippen LogP contribution is 2.28. The van der Waals surface area contributed by atoms with E-state index in [9.17, 15) is 13.2 Å². The molecule has 1 aromatic heterocycles. The van der Waals surface area contributed by atoms with Gasteiger partial charge >= 0.3 is 0 Å². The van der Waals surface area contributed by atoms with Crippen LogP contribution in [0.3, 0.4) is 0 Å². The summed E-state index contributed by atoms with van der Waals surface area (Å²) < 4.78 is 38.1. The van der Waals surface area contributed by atoms with Crippen LogP contribution in [0.1, 0.15) is 29.3 Å². The summed E-state index contributed by atoms with van der Waals surface area (Å²) in [7, 11) is -1.80. The van der Waals surface area contributed by atoms with Crippen LogP contribution in [-0.2, 0) is 26.0 Å². The highest BCUT2D eigenvalue weighted by atomic mass is 32.2. The second-order valence-corrected chi connectivity index (χ2v) is 11.6. The number of carbonyl (C=O) groups is 1. The fraction of sp³-hybridized carbons (Fsp3) is 0.522. The number of benzene rings is 1. The van der Waals surface area contributed by atoms with E-state index in [0.29, 0.717) is 37.1 Å². The molecule has 180 valence electrons. The molecule has 1 aromatic carbocycles. The van der Waals surface area contributed by atoms with Crippen molar-refractivity contribution in [1.29, 1.82) is 0 Å². The molecule has 10 heteroatoms. The lowest BCUT2D eigenvalue weighted by molar-refractivity contribution is -0.120. The maximum Gasteiger partial charge on any atom is 0.252 e. The lowest BCUT2D eigenvalue weighted by atomic mass is 10.0. The minimum Gasteiger partial charge on any atom is -0.497 e. The zero-order valence-electron chi connectivity index (χ0n) is 18.9. The molecule has 0 radical (unpaired) electrons. The quantitative estimate of drug-likeness (QED) is 0.577. The first-order chi connectivity index (χ1) is 16.0. The van der Waals surface area contributed by atoms with Crippen molar-refractivity contribution in [2.45, 2.75) is 29.5 Å². The number of sulfonamides is 1. The van der Waals surface area contributed by atoms with Crippen LogP contribution < -0.4 is 10.1 Å². The predicted molar refractivity (Wildman–Crippen MR) is 127 cm³/mol. The fourth-order valence-electron chi connectivity index (χ4n) is 4.25. The molecular formula is C23H31N3O5S2. The summed E-state index contributed by atoms with van der Waals surface area (Å²) in [5.74, 6) is 0.676. The van der Waals surface area contributed by atoms with Crippen LogP contribution in [0.15, 0.2) is 40.6 Å². The van der Waals surface area contributed by atoms with Crippen LogP contribution >= 0.6 is 11.3 Å². The number of methoxy groups -OCH3 is 1. The van der Waals surface area contributed by atoms with Crippen molar-refractivity contribution in [2.75, 3.05) is 53.0 Å². The second kappa shape index (κ2) is 11.0. The SMILES string of the molecule is COc1ccc(C(CNC(=O)Cc2ccc(S(=O)(=O)N3CCCC3)s2)N2CCOCC2)cc1. The third kappa shape index (κ3) is 5.93. The van der Waals surface area contributed by atoms with Crippen molar-refractivity contribution >= 4 is 27.3 Å². The molecule has 0 spiro atoms. The van der Waals surface area contributed by atoms with Gasteiger partial charge in [-0.3, -0.25) is 9.69 Å². The number of nitrogens with zero attached hydrogens (tertiary/aromatic N) is 2. The molecule has 2 aromatic rings. The number of hydrogen-bond donors (Lipinski definition) is 1. The van der Waals surface area contributed by atoms with E-state index in [2.05, 4.69) is 10.2 Å². The molecule has 0 bridgehead atoms. The van der Waals surface area contributed by atoms with E-state index in [-0.39, 0.29) is 18.4 Å². The van der Waals surface area contributed by atoms with E-state index in [1.165, 1.54) is 15.6 Å². The Kier molecular flexibility index (Phi) is 8.02. The van der Waals surface area contributed by atoms with Gasteiger partial charge in [0.2, 0.25) is 5.91 Å². The van der Waals surface area contributed by atoms with E-state index >= 15 is 0 Å². The lowest BCUT2D eigenvalue weighted by Crippen LogP contribution is -2.44. The predicted octanol–water partition coefficient (Wildman–Crippen LogP) is 2.27. The number of nitrogens with one attached hydrogen (secondary N) is 1. The van der Waals surface area contributed by atoms with E-state index in [0.717, 1.165) is 42.1 Å². The minimum atomic E-state index is -3.44. The van der Waals surface area contributed by atoms with Gasteiger partial charge in [-0.25, -0.2) is 8.42 Å². The fourth-order valence-corrected chi connectivity index (χ4v) is 7.28. The van der Waals surface area contributed by atoms with Gasteiger partial charge in [0.1, 0.15) is 9.96 Å². The Hall–Kier alpha value is -1.98. The Bertz CT molecular complexity index is 1030. The topological polar surface area (TPSA) is 88.2 Å². The summed E-state index contributed by atoms with van der Waals surface area (Å²) in [4.78, 5) is 15.8. The average molecular weight is 494 g/mol. The number of rotatable bonds is 9. The van der Waals surface area contributed by atoms with Crippen molar-refractivity contribution in [1.82, 2.24) is 14.5 Å². The summed E-state index contributed by atoms with van der Waals surface area (Å²) in [6, 6.07) is 11.3. The van der Waals surface area contributed by atoms with E-state index in [4.69, 9.17) is 9.47 Å². The van der Waals surface area contributed by atoms with Gasteiger partial charge in [-0.05, 0) is 42.7 Å². The molecule has 2 saturated heterocycles. The highest BCUT2D eigenvalue weighted by Gasteiger charge is 2.29. The first-order valence-corrected chi connectivity index (χ1v) is 13.5. The van der Waals surface area contributed by atoms with E-state index in [1.807, 2.05) is 24.3 Å². The summed E-state index contributed by atoms with van der Waals surface area (Å²) in [5, 5.41) is 3.05. The van der Waals surface area contributed by atoms with Crippen LogP contribution in [0.4, 0.5) is 0 Å². The van der Waals surface area contributed by atoms with Gasteiger partial charge in [0.15, 0.2) is 0 Å². The molecule has 1 unspecified atom stereocenters.